The molecule has 0 aliphatic heterocycles. The molecule has 1 unspecified atom stereocenters. The topological polar surface area (TPSA) is 96.5 Å². The molecule has 0 radical (unpaired) electrons. The average Bonchev–Trinajstić information content (AvgIpc) is 3.83. The smallest absolute Gasteiger partial charge is 0.310 e. The van der Waals surface area contributed by atoms with Gasteiger partial charge in [-0.3, -0.25) is 14.4 Å². The van der Waals surface area contributed by atoms with Crippen LogP contribution in [0.1, 0.15) is 47.2 Å². The molecule has 3 amide bonds. The maximum atomic E-state index is 13.4. The molecule has 3 N–H and O–H groups in total. The van der Waals surface area contributed by atoms with Crippen molar-refractivity contribution in [2.24, 2.45) is 11.8 Å². The van der Waals surface area contributed by atoms with Gasteiger partial charge in [0.15, 0.2) is 0 Å². The quantitative estimate of drug-likeness (QED) is 0.387. The zero-order valence-electron chi connectivity index (χ0n) is 20.2. The molecule has 3 aliphatic rings. The van der Waals surface area contributed by atoms with Gasteiger partial charge in [-0.05, 0) is 72.1 Å². The van der Waals surface area contributed by atoms with E-state index in [9.17, 15) is 14.4 Å². The predicted octanol–water partition coefficient (Wildman–Crippen LogP) is 1.08. The highest BCUT2D eigenvalue weighted by Crippen LogP contribution is 2.46. The van der Waals surface area contributed by atoms with Crippen molar-refractivity contribution in [1.82, 2.24) is 16.0 Å². The van der Waals surface area contributed by atoms with Crippen LogP contribution < -0.4 is 31.1 Å². The zero-order valence-corrected chi connectivity index (χ0v) is 20.2. The van der Waals surface area contributed by atoms with Gasteiger partial charge < -0.3 is 20.7 Å². The Morgan fingerprint density at radius 2 is 1.83 bits per heavy atom. The lowest BCUT2D eigenvalue weighted by molar-refractivity contribution is -0.139. The van der Waals surface area contributed by atoms with Crippen LogP contribution in [-0.4, -0.2) is 31.4 Å². The summed E-state index contributed by atoms with van der Waals surface area (Å²) in [6, 6.07) is 11.3. The molecule has 3 aliphatic carbocycles. The second-order valence-electron chi connectivity index (χ2n) is 9.69. The van der Waals surface area contributed by atoms with Crippen molar-refractivity contribution < 1.29 is 19.1 Å². The van der Waals surface area contributed by atoms with Gasteiger partial charge in [0.05, 0.1) is 19.2 Å². The molecule has 184 valence electrons. The molecule has 1 atom stereocenters. The van der Waals surface area contributed by atoms with E-state index < -0.39 is 17.4 Å². The van der Waals surface area contributed by atoms with Crippen LogP contribution in [0.15, 0.2) is 36.4 Å². The minimum atomic E-state index is -0.810. The number of ether oxygens (including phenoxy) is 1. The molecule has 0 bridgehead atoms. The first-order valence-corrected chi connectivity index (χ1v) is 12.3. The van der Waals surface area contributed by atoms with Gasteiger partial charge in [-0.1, -0.05) is 36.3 Å². The number of amides is 3. The third-order valence-corrected chi connectivity index (χ3v) is 7.21. The Labute approximate surface area is 210 Å². The summed E-state index contributed by atoms with van der Waals surface area (Å²) < 4.78 is 5.73. The number of hydrogen-bond acceptors (Lipinski definition) is 4. The second kappa shape index (κ2) is 9.54. The van der Waals surface area contributed by atoms with Crippen LogP contribution in [0.3, 0.4) is 0 Å². The first-order valence-electron chi connectivity index (χ1n) is 12.3. The molecular weight excluding hydrogens is 454 g/mol. The van der Waals surface area contributed by atoms with Gasteiger partial charge in [-0.15, -0.1) is 6.42 Å². The van der Waals surface area contributed by atoms with Crippen molar-refractivity contribution in [3.63, 3.8) is 0 Å². The Morgan fingerprint density at radius 3 is 2.53 bits per heavy atom. The third kappa shape index (κ3) is 4.72. The van der Waals surface area contributed by atoms with Crippen molar-refractivity contribution in [2.75, 3.05) is 13.7 Å². The van der Waals surface area contributed by atoms with Gasteiger partial charge in [-0.2, -0.15) is 0 Å². The van der Waals surface area contributed by atoms with E-state index in [4.69, 9.17) is 11.2 Å². The number of carbonyl (C=O) groups excluding carboxylic acids is 3. The minimum absolute atomic E-state index is 0.0299. The fourth-order valence-corrected chi connectivity index (χ4v) is 4.87. The SMILES string of the molecule is C#CCNC(=O)C(=O)NCc1ccccc1C(=O)NC1(c2cc(OC)c3c(c2)=CC(C2CC2)C=3)CC1. The van der Waals surface area contributed by atoms with E-state index in [-0.39, 0.29) is 19.0 Å². The number of fused-ring (bicyclic) bond motifs is 1. The lowest BCUT2D eigenvalue weighted by Gasteiger charge is -2.20. The number of carbonyl (C=O) groups is 3. The first kappa shape index (κ1) is 23.7. The molecule has 36 heavy (non-hydrogen) atoms. The van der Waals surface area contributed by atoms with Crippen LogP contribution in [0.4, 0.5) is 0 Å². The highest BCUT2D eigenvalue weighted by atomic mass is 16.5. The molecule has 7 nitrogen and oxygen atoms in total. The lowest BCUT2D eigenvalue weighted by Crippen LogP contribution is -2.40. The van der Waals surface area contributed by atoms with E-state index in [1.54, 1.807) is 31.4 Å². The molecule has 0 saturated heterocycles. The number of hydrogen-bond donors (Lipinski definition) is 3. The van der Waals surface area contributed by atoms with Crippen LogP contribution in [0.25, 0.3) is 12.2 Å². The zero-order chi connectivity index (χ0) is 25.3. The largest absolute Gasteiger partial charge is 0.496 e. The standard InChI is InChI=1S/C29H29N3O4/c1-3-12-30-27(34)28(35)31-17-19-6-4-5-7-23(19)26(33)32-29(10-11-29)22-14-21-13-20(18-8-9-18)15-24(21)25(16-22)36-2/h1,4-7,13-16,18,20H,8-12,17H2,2H3,(H,30,34)(H,31,35)(H,32,33). The van der Waals surface area contributed by atoms with E-state index in [1.165, 1.54) is 18.1 Å². The van der Waals surface area contributed by atoms with Gasteiger partial charge in [0.2, 0.25) is 0 Å². The van der Waals surface area contributed by atoms with E-state index in [0.29, 0.717) is 17.0 Å². The second-order valence-corrected chi connectivity index (χ2v) is 9.69. The van der Waals surface area contributed by atoms with Crippen molar-refractivity contribution in [2.45, 2.75) is 37.8 Å². The fraction of sp³-hybridized carbons (Fsp3) is 0.345. The number of methoxy groups -OCH3 is 1. The first-order chi connectivity index (χ1) is 17.4. The normalized spacial score (nSPS) is 18.5. The average molecular weight is 484 g/mol. The Hall–Kier alpha value is -4.05. The summed E-state index contributed by atoms with van der Waals surface area (Å²) in [6.45, 7) is 0.0107. The van der Waals surface area contributed by atoms with Gasteiger partial charge in [0, 0.05) is 17.3 Å². The van der Waals surface area contributed by atoms with Crippen LogP contribution >= 0.6 is 0 Å². The van der Waals surface area contributed by atoms with Crippen LogP contribution in [0.2, 0.25) is 0 Å². The van der Waals surface area contributed by atoms with Crippen molar-refractivity contribution >= 4 is 29.9 Å². The summed E-state index contributed by atoms with van der Waals surface area (Å²) in [5.74, 6) is 2.45. The molecule has 7 heteroatoms. The fourth-order valence-electron chi connectivity index (χ4n) is 4.87. The third-order valence-electron chi connectivity index (χ3n) is 7.21. The van der Waals surface area contributed by atoms with E-state index >= 15 is 0 Å². The molecule has 2 fully saturated rings. The summed E-state index contributed by atoms with van der Waals surface area (Å²) >= 11 is 0. The molecular formula is C29H29N3O4. The molecule has 2 aromatic rings. The molecule has 2 saturated carbocycles. The molecule has 0 spiro atoms. The molecule has 2 aromatic carbocycles. The summed E-state index contributed by atoms with van der Waals surface area (Å²) in [5, 5.41) is 10.4. The van der Waals surface area contributed by atoms with Crippen molar-refractivity contribution in [1.29, 1.82) is 0 Å². The number of rotatable bonds is 8. The lowest BCUT2D eigenvalue weighted by atomic mass is 10.0. The summed E-state index contributed by atoms with van der Waals surface area (Å²) in [4.78, 5) is 37.2. The van der Waals surface area contributed by atoms with Crippen molar-refractivity contribution in [3.05, 3.63) is 63.5 Å². The minimum Gasteiger partial charge on any atom is -0.496 e. The molecule has 0 heterocycles. The monoisotopic (exact) mass is 483 g/mol. The van der Waals surface area contributed by atoms with Crippen LogP contribution in [-0.2, 0) is 21.7 Å². The van der Waals surface area contributed by atoms with Crippen molar-refractivity contribution in [3.8, 4) is 18.1 Å². The van der Waals surface area contributed by atoms with Gasteiger partial charge >= 0.3 is 11.8 Å². The maximum absolute atomic E-state index is 13.4. The summed E-state index contributed by atoms with van der Waals surface area (Å²) in [7, 11) is 1.69. The highest BCUT2D eigenvalue weighted by Gasteiger charge is 2.46. The maximum Gasteiger partial charge on any atom is 0.310 e. The Kier molecular flexibility index (Phi) is 6.27. The number of nitrogens with one attached hydrogen (secondary N) is 3. The predicted molar refractivity (Wildman–Crippen MR) is 136 cm³/mol. The van der Waals surface area contributed by atoms with E-state index in [2.05, 4.69) is 40.1 Å². The van der Waals surface area contributed by atoms with Gasteiger partial charge in [-0.25, -0.2) is 0 Å². The van der Waals surface area contributed by atoms with E-state index in [0.717, 1.165) is 35.3 Å². The van der Waals surface area contributed by atoms with Gasteiger partial charge in [0.1, 0.15) is 5.75 Å². The number of terminal acetylenes is 1. The summed E-state index contributed by atoms with van der Waals surface area (Å²) in [6.07, 6.45) is 14.0. The molecule has 5 rings (SSSR count). The van der Waals surface area contributed by atoms with Crippen LogP contribution in [0.5, 0.6) is 5.75 Å². The highest BCUT2D eigenvalue weighted by molar-refractivity contribution is 6.35. The summed E-state index contributed by atoms with van der Waals surface area (Å²) in [5.41, 5.74) is 1.67. The van der Waals surface area contributed by atoms with Gasteiger partial charge in [0.25, 0.3) is 5.91 Å². The van der Waals surface area contributed by atoms with E-state index in [1.807, 2.05) is 6.07 Å². The molecule has 0 aromatic heterocycles. The Bertz CT molecular complexity index is 1400. The number of benzene rings is 2. The van der Waals surface area contributed by atoms with Crippen LogP contribution in [0, 0.1) is 24.2 Å². The Balaban J connectivity index is 1.33. The Morgan fingerprint density at radius 1 is 1.08 bits per heavy atom.